The molecule has 0 amide bonds. The van der Waals surface area contributed by atoms with Crippen molar-refractivity contribution in [3.8, 4) is 0 Å². The summed E-state index contributed by atoms with van der Waals surface area (Å²) in [7, 11) is 0. The summed E-state index contributed by atoms with van der Waals surface area (Å²) >= 11 is 17.7. The predicted molar refractivity (Wildman–Crippen MR) is 77.3 cm³/mol. The third-order valence-electron chi connectivity index (χ3n) is 5.11. The zero-order chi connectivity index (χ0) is 11.7. The van der Waals surface area contributed by atoms with E-state index in [2.05, 4.69) is 15.9 Å². The monoisotopic (exact) mass is 350 g/mol. The van der Waals surface area contributed by atoms with Crippen molar-refractivity contribution >= 4 is 50.5 Å². The Hall–Kier alpha value is 0.760. The van der Waals surface area contributed by atoms with E-state index in [1.807, 2.05) is 6.07 Å². The van der Waals surface area contributed by atoms with Crippen molar-refractivity contribution in [2.75, 3.05) is 0 Å². The Kier molecular flexibility index (Phi) is 2.64. The van der Waals surface area contributed by atoms with Crippen LogP contribution in [0.2, 0.25) is 8.67 Å². The molecule has 0 spiro atoms. The summed E-state index contributed by atoms with van der Waals surface area (Å²) in [4.78, 5) is 0.428. The summed E-state index contributed by atoms with van der Waals surface area (Å²) in [6, 6.07) is 2.05. The average Bonchev–Trinajstić information content (AvgIpc) is 2.59. The molecule has 5 atom stereocenters. The van der Waals surface area contributed by atoms with Crippen molar-refractivity contribution in [2.24, 2.45) is 29.6 Å². The van der Waals surface area contributed by atoms with E-state index in [-0.39, 0.29) is 0 Å². The summed E-state index contributed by atoms with van der Waals surface area (Å²) in [6.45, 7) is 0. The van der Waals surface area contributed by atoms with E-state index >= 15 is 0 Å². The minimum atomic E-state index is 0.428. The maximum Gasteiger partial charge on any atom is 0.0987 e. The highest BCUT2D eigenvalue weighted by Crippen LogP contribution is 2.73. The molecule has 1 aromatic heterocycles. The maximum absolute atomic E-state index is 6.26. The van der Waals surface area contributed by atoms with Gasteiger partial charge in [-0.1, -0.05) is 39.1 Å². The van der Waals surface area contributed by atoms with E-state index in [9.17, 15) is 0 Å². The van der Waals surface area contributed by atoms with Crippen LogP contribution in [0.25, 0.3) is 0 Å². The molecule has 92 valence electrons. The average molecular weight is 352 g/mol. The molecule has 0 saturated heterocycles. The van der Waals surface area contributed by atoms with Crippen molar-refractivity contribution in [3.05, 3.63) is 20.3 Å². The molecule has 17 heavy (non-hydrogen) atoms. The summed E-state index contributed by atoms with van der Waals surface area (Å²) in [6.07, 6.45) is 4.45. The second-order valence-electron chi connectivity index (χ2n) is 5.75. The first-order valence-electron chi connectivity index (χ1n) is 6.25. The van der Waals surface area contributed by atoms with Gasteiger partial charge in [-0.15, -0.1) is 11.3 Å². The Morgan fingerprint density at radius 2 is 1.88 bits per heavy atom. The molecule has 0 N–H and O–H groups in total. The van der Waals surface area contributed by atoms with Crippen molar-refractivity contribution in [1.82, 2.24) is 0 Å². The van der Waals surface area contributed by atoms with Gasteiger partial charge in [0.1, 0.15) is 0 Å². The lowest BCUT2D eigenvalue weighted by Gasteiger charge is -2.14. The quantitative estimate of drug-likeness (QED) is 0.592. The topological polar surface area (TPSA) is 0 Å². The van der Waals surface area contributed by atoms with Gasteiger partial charge in [-0.05, 0) is 60.5 Å². The minimum absolute atomic E-state index is 0.428. The second kappa shape index (κ2) is 3.88. The van der Waals surface area contributed by atoms with Crippen LogP contribution in [0.4, 0.5) is 0 Å². The number of rotatable bonds is 2. The number of hydrogen-bond acceptors (Lipinski definition) is 1. The fourth-order valence-corrected chi connectivity index (χ4v) is 7.43. The molecule has 0 radical (unpaired) electrons. The van der Waals surface area contributed by atoms with E-state index in [4.69, 9.17) is 23.2 Å². The lowest BCUT2D eigenvalue weighted by atomic mass is 9.98. The van der Waals surface area contributed by atoms with Gasteiger partial charge in [0.25, 0.3) is 0 Å². The van der Waals surface area contributed by atoms with Gasteiger partial charge in [-0.3, -0.25) is 0 Å². The van der Waals surface area contributed by atoms with Crippen molar-refractivity contribution < 1.29 is 0 Å². The van der Waals surface area contributed by atoms with E-state index in [0.717, 1.165) is 38.3 Å². The van der Waals surface area contributed by atoms with Crippen molar-refractivity contribution in [2.45, 2.75) is 24.1 Å². The Balaban J connectivity index is 1.59. The Bertz CT molecular complexity index is 456. The van der Waals surface area contributed by atoms with Crippen molar-refractivity contribution in [3.63, 3.8) is 0 Å². The number of fused-ring (bicyclic) bond motifs is 5. The summed E-state index contributed by atoms with van der Waals surface area (Å²) < 4.78 is 1.68. The van der Waals surface area contributed by atoms with Gasteiger partial charge in [-0.2, -0.15) is 0 Å². The van der Waals surface area contributed by atoms with Crippen LogP contribution >= 0.6 is 50.5 Å². The van der Waals surface area contributed by atoms with Crippen LogP contribution in [0.3, 0.4) is 0 Å². The third-order valence-corrected chi connectivity index (χ3v) is 7.73. The molecule has 3 aliphatic rings. The zero-order valence-electron chi connectivity index (χ0n) is 9.20. The van der Waals surface area contributed by atoms with E-state index < -0.39 is 0 Å². The molecule has 3 saturated carbocycles. The molecule has 0 nitrogen and oxygen atoms in total. The molecule has 4 heteroatoms. The zero-order valence-corrected chi connectivity index (χ0v) is 13.1. The van der Waals surface area contributed by atoms with Crippen molar-refractivity contribution in [1.29, 1.82) is 0 Å². The number of halogens is 3. The first-order chi connectivity index (χ1) is 8.16. The SMILES string of the molecule is Clc1cc(C(Br)C2C3C4CCC(C4)C32)c(Cl)s1. The van der Waals surface area contributed by atoms with E-state index in [0.29, 0.717) is 4.83 Å². The van der Waals surface area contributed by atoms with Gasteiger partial charge in [0.05, 0.1) is 8.67 Å². The van der Waals surface area contributed by atoms with Gasteiger partial charge in [0, 0.05) is 4.83 Å². The van der Waals surface area contributed by atoms with Gasteiger partial charge in [0.2, 0.25) is 0 Å². The smallest absolute Gasteiger partial charge is 0.0987 e. The lowest BCUT2D eigenvalue weighted by Crippen LogP contribution is -2.03. The molecular weight excluding hydrogens is 339 g/mol. The molecule has 0 aromatic carbocycles. The van der Waals surface area contributed by atoms with Gasteiger partial charge in [0.15, 0.2) is 0 Å². The molecule has 4 rings (SSSR count). The van der Waals surface area contributed by atoms with Gasteiger partial charge < -0.3 is 0 Å². The largest absolute Gasteiger partial charge is 0.111 e. The van der Waals surface area contributed by atoms with Crippen LogP contribution < -0.4 is 0 Å². The maximum atomic E-state index is 6.26. The highest BCUT2D eigenvalue weighted by molar-refractivity contribution is 9.09. The highest BCUT2D eigenvalue weighted by atomic mass is 79.9. The summed E-state index contributed by atoms with van der Waals surface area (Å²) in [5, 5.41) is 0. The summed E-state index contributed by atoms with van der Waals surface area (Å²) in [5.74, 6) is 4.82. The minimum Gasteiger partial charge on any atom is -0.111 e. The molecule has 0 aliphatic heterocycles. The van der Waals surface area contributed by atoms with E-state index in [1.54, 1.807) is 0 Å². The van der Waals surface area contributed by atoms with Gasteiger partial charge >= 0.3 is 0 Å². The van der Waals surface area contributed by atoms with Crippen LogP contribution in [-0.2, 0) is 0 Å². The Morgan fingerprint density at radius 1 is 1.24 bits per heavy atom. The van der Waals surface area contributed by atoms with E-state index in [1.165, 1.54) is 36.2 Å². The fourth-order valence-electron chi connectivity index (χ4n) is 4.53. The standard InChI is InChI=1S/C13H13BrCl2S/c14-12(7-4-8(15)17-13(7)16)11-9-5-1-2-6(3-5)10(9)11/h4-6,9-12H,1-3H2. The summed E-state index contributed by atoms with van der Waals surface area (Å²) in [5.41, 5.74) is 1.22. The van der Waals surface area contributed by atoms with Gasteiger partial charge in [-0.25, -0.2) is 0 Å². The molecule has 3 aliphatic carbocycles. The molecule has 1 heterocycles. The number of thiophene rings is 1. The number of hydrogen-bond donors (Lipinski definition) is 0. The van der Waals surface area contributed by atoms with Crippen LogP contribution in [0.15, 0.2) is 6.07 Å². The van der Waals surface area contributed by atoms with Crippen LogP contribution in [0, 0.1) is 29.6 Å². The normalized spacial score (nSPS) is 43.8. The van der Waals surface area contributed by atoms with Crippen LogP contribution in [0.5, 0.6) is 0 Å². The van der Waals surface area contributed by atoms with Crippen LogP contribution in [-0.4, -0.2) is 0 Å². The lowest BCUT2D eigenvalue weighted by molar-refractivity contribution is 0.456. The van der Waals surface area contributed by atoms with Crippen LogP contribution in [0.1, 0.15) is 29.7 Å². The first-order valence-corrected chi connectivity index (χ1v) is 8.74. The molecule has 5 unspecified atom stereocenters. The first kappa shape index (κ1) is 11.6. The fraction of sp³-hybridized carbons (Fsp3) is 0.692. The highest BCUT2D eigenvalue weighted by Gasteiger charge is 2.66. The molecule has 3 fully saturated rings. The predicted octanol–water partition coefficient (Wildman–Crippen LogP) is 5.78. The third kappa shape index (κ3) is 1.60. The number of alkyl halides is 1. The Labute approximate surface area is 124 Å². The molecule has 2 bridgehead atoms. The molecular formula is C13H13BrCl2S. The Morgan fingerprint density at radius 3 is 2.41 bits per heavy atom. The second-order valence-corrected chi connectivity index (χ2v) is 9.02. The molecule has 1 aromatic rings.